The number of urea groups is 1. The van der Waals surface area contributed by atoms with E-state index in [4.69, 9.17) is 9.47 Å². The number of ether oxygens (including phenoxy) is 2. The standard InChI is InChI=1S/C24H29N3O5/c1-15(2)22(16-10-12-19(31-3)20(14-16)32-4)26-21(28)13-11-18-23(29)27(24(30)25-18)17-8-6-5-7-9-17/h5-10,12,14-15,18,22H,11,13H2,1-4H3,(H,25,30)(H,26,28)/t18-,22?/m0/s1. The van der Waals surface area contributed by atoms with Crippen LogP contribution in [0.1, 0.15) is 38.3 Å². The van der Waals surface area contributed by atoms with Crippen LogP contribution in [0.4, 0.5) is 10.5 Å². The van der Waals surface area contributed by atoms with Crippen LogP contribution in [0.2, 0.25) is 0 Å². The van der Waals surface area contributed by atoms with E-state index in [9.17, 15) is 14.4 Å². The second kappa shape index (κ2) is 10.2. The fourth-order valence-electron chi connectivity index (χ4n) is 3.75. The number of rotatable bonds is 9. The third kappa shape index (κ3) is 5.01. The van der Waals surface area contributed by atoms with Gasteiger partial charge in [-0.25, -0.2) is 9.69 Å². The molecular weight excluding hydrogens is 410 g/mol. The molecule has 2 atom stereocenters. The molecule has 0 bridgehead atoms. The summed E-state index contributed by atoms with van der Waals surface area (Å²) >= 11 is 0. The molecule has 2 aromatic carbocycles. The van der Waals surface area contributed by atoms with E-state index in [1.54, 1.807) is 44.6 Å². The van der Waals surface area contributed by atoms with Crippen LogP contribution in [0.5, 0.6) is 11.5 Å². The molecule has 1 saturated heterocycles. The van der Waals surface area contributed by atoms with Gasteiger partial charge in [-0.2, -0.15) is 0 Å². The minimum absolute atomic E-state index is 0.107. The van der Waals surface area contributed by atoms with E-state index >= 15 is 0 Å². The van der Waals surface area contributed by atoms with Gasteiger partial charge in [-0.3, -0.25) is 9.59 Å². The SMILES string of the molecule is COc1ccc(C(NC(=O)CC[C@@H]2NC(=O)N(c3ccccc3)C2=O)C(C)C)cc1OC. The Labute approximate surface area is 187 Å². The van der Waals surface area contributed by atoms with Gasteiger partial charge in [0.05, 0.1) is 25.9 Å². The molecule has 4 amide bonds. The Balaban J connectivity index is 1.63. The van der Waals surface area contributed by atoms with E-state index in [-0.39, 0.29) is 36.6 Å². The number of para-hydroxylation sites is 1. The average Bonchev–Trinajstić information content (AvgIpc) is 3.08. The van der Waals surface area contributed by atoms with E-state index in [0.29, 0.717) is 17.2 Å². The van der Waals surface area contributed by atoms with Crippen LogP contribution in [-0.2, 0) is 9.59 Å². The molecule has 2 aromatic rings. The maximum Gasteiger partial charge on any atom is 0.329 e. The normalized spacial score (nSPS) is 16.7. The van der Waals surface area contributed by atoms with Crippen LogP contribution in [-0.4, -0.2) is 38.1 Å². The molecule has 1 fully saturated rings. The molecule has 8 nitrogen and oxygen atoms in total. The molecule has 0 radical (unpaired) electrons. The van der Waals surface area contributed by atoms with Crippen molar-refractivity contribution >= 4 is 23.5 Å². The van der Waals surface area contributed by atoms with Gasteiger partial charge in [-0.1, -0.05) is 38.1 Å². The molecule has 2 N–H and O–H groups in total. The van der Waals surface area contributed by atoms with Crippen LogP contribution < -0.4 is 25.0 Å². The van der Waals surface area contributed by atoms with Crippen molar-refractivity contribution < 1.29 is 23.9 Å². The minimum atomic E-state index is -0.730. The van der Waals surface area contributed by atoms with Gasteiger partial charge in [-0.05, 0) is 42.2 Å². The van der Waals surface area contributed by atoms with Crippen molar-refractivity contribution in [1.82, 2.24) is 10.6 Å². The van der Waals surface area contributed by atoms with Crippen molar-refractivity contribution in [3.63, 3.8) is 0 Å². The van der Waals surface area contributed by atoms with Crippen LogP contribution in [0.15, 0.2) is 48.5 Å². The maximum atomic E-state index is 12.7. The van der Waals surface area contributed by atoms with Gasteiger partial charge in [0.1, 0.15) is 6.04 Å². The summed E-state index contributed by atoms with van der Waals surface area (Å²) in [5.41, 5.74) is 1.40. The number of nitrogens with one attached hydrogen (secondary N) is 2. The number of imide groups is 1. The van der Waals surface area contributed by atoms with Crippen LogP contribution >= 0.6 is 0 Å². The Morgan fingerprint density at radius 1 is 1.06 bits per heavy atom. The number of carbonyl (C=O) groups excluding carboxylic acids is 3. The third-order valence-electron chi connectivity index (χ3n) is 5.44. The van der Waals surface area contributed by atoms with Crippen molar-refractivity contribution in [2.75, 3.05) is 19.1 Å². The van der Waals surface area contributed by atoms with Crippen LogP contribution in [0.25, 0.3) is 0 Å². The number of hydrogen-bond donors (Lipinski definition) is 2. The largest absolute Gasteiger partial charge is 0.493 e. The molecule has 0 saturated carbocycles. The van der Waals surface area contributed by atoms with Gasteiger partial charge in [0, 0.05) is 6.42 Å². The lowest BCUT2D eigenvalue weighted by molar-refractivity contribution is -0.122. The predicted molar refractivity (Wildman–Crippen MR) is 121 cm³/mol. The highest BCUT2D eigenvalue weighted by atomic mass is 16.5. The molecule has 0 spiro atoms. The van der Waals surface area contributed by atoms with Gasteiger partial charge in [0.15, 0.2) is 11.5 Å². The number of amides is 4. The molecule has 32 heavy (non-hydrogen) atoms. The minimum Gasteiger partial charge on any atom is -0.493 e. The highest BCUT2D eigenvalue weighted by molar-refractivity contribution is 6.21. The molecule has 3 rings (SSSR count). The number of nitrogens with zero attached hydrogens (tertiary/aromatic N) is 1. The first kappa shape index (κ1) is 23.1. The number of methoxy groups -OCH3 is 2. The van der Waals surface area contributed by atoms with E-state index in [0.717, 1.165) is 10.5 Å². The zero-order chi connectivity index (χ0) is 23.3. The first-order valence-electron chi connectivity index (χ1n) is 10.6. The topological polar surface area (TPSA) is 97.0 Å². The van der Waals surface area contributed by atoms with Crippen molar-refractivity contribution in [2.24, 2.45) is 5.92 Å². The highest BCUT2D eigenvalue weighted by Gasteiger charge is 2.39. The lowest BCUT2D eigenvalue weighted by Gasteiger charge is -2.24. The van der Waals surface area contributed by atoms with Gasteiger partial charge < -0.3 is 20.1 Å². The first-order valence-corrected chi connectivity index (χ1v) is 10.6. The molecule has 0 aliphatic carbocycles. The molecule has 0 aromatic heterocycles. The van der Waals surface area contributed by atoms with Crippen molar-refractivity contribution in [3.05, 3.63) is 54.1 Å². The Hall–Kier alpha value is -3.55. The lowest BCUT2D eigenvalue weighted by atomic mass is 9.95. The predicted octanol–water partition coefficient (Wildman–Crippen LogP) is 3.42. The summed E-state index contributed by atoms with van der Waals surface area (Å²) in [7, 11) is 3.14. The first-order chi connectivity index (χ1) is 15.3. The Kier molecular flexibility index (Phi) is 7.35. The van der Waals surface area contributed by atoms with Crippen molar-refractivity contribution in [2.45, 2.75) is 38.8 Å². The van der Waals surface area contributed by atoms with Gasteiger partial charge in [0.2, 0.25) is 5.91 Å². The number of anilines is 1. The smallest absolute Gasteiger partial charge is 0.329 e. The molecule has 8 heteroatoms. The lowest BCUT2D eigenvalue weighted by Crippen LogP contribution is -2.35. The van der Waals surface area contributed by atoms with Gasteiger partial charge in [0.25, 0.3) is 5.91 Å². The Bertz CT molecular complexity index is 977. The molecular formula is C24H29N3O5. The highest BCUT2D eigenvalue weighted by Crippen LogP contribution is 2.32. The van der Waals surface area contributed by atoms with E-state index < -0.39 is 12.1 Å². The molecule has 1 aliphatic rings. The van der Waals surface area contributed by atoms with Crippen molar-refractivity contribution in [1.29, 1.82) is 0 Å². The number of carbonyl (C=O) groups is 3. The third-order valence-corrected chi connectivity index (χ3v) is 5.44. The van der Waals surface area contributed by atoms with E-state index in [2.05, 4.69) is 10.6 Å². The zero-order valence-corrected chi connectivity index (χ0v) is 18.8. The van der Waals surface area contributed by atoms with E-state index in [1.807, 2.05) is 32.0 Å². The van der Waals surface area contributed by atoms with Gasteiger partial charge >= 0.3 is 6.03 Å². The van der Waals surface area contributed by atoms with Crippen molar-refractivity contribution in [3.8, 4) is 11.5 Å². The monoisotopic (exact) mass is 439 g/mol. The number of benzene rings is 2. The summed E-state index contributed by atoms with van der Waals surface area (Å²) in [6, 6.07) is 12.8. The Morgan fingerprint density at radius 3 is 2.38 bits per heavy atom. The second-order valence-corrected chi connectivity index (χ2v) is 7.95. The quantitative estimate of drug-likeness (QED) is 0.584. The zero-order valence-electron chi connectivity index (χ0n) is 18.8. The average molecular weight is 440 g/mol. The maximum absolute atomic E-state index is 12.7. The molecule has 1 unspecified atom stereocenters. The molecule has 1 aliphatic heterocycles. The fourth-order valence-corrected chi connectivity index (χ4v) is 3.75. The summed E-state index contributed by atoms with van der Waals surface area (Å²) in [6.45, 7) is 4.03. The van der Waals surface area contributed by atoms with Crippen LogP contribution in [0.3, 0.4) is 0 Å². The molecule has 1 heterocycles. The summed E-state index contributed by atoms with van der Waals surface area (Å²) in [4.78, 5) is 38.8. The fraction of sp³-hybridized carbons (Fsp3) is 0.375. The molecule has 170 valence electrons. The summed E-state index contributed by atoms with van der Waals surface area (Å²) < 4.78 is 10.7. The summed E-state index contributed by atoms with van der Waals surface area (Å²) in [6.07, 6.45) is 0.326. The Morgan fingerprint density at radius 2 is 1.75 bits per heavy atom. The van der Waals surface area contributed by atoms with Gasteiger partial charge in [-0.15, -0.1) is 0 Å². The summed E-state index contributed by atoms with van der Waals surface area (Å²) in [5.74, 6) is 0.778. The second-order valence-electron chi connectivity index (χ2n) is 7.95. The van der Waals surface area contributed by atoms with Crippen LogP contribution in [0, 0.1) is 5.92 Å². The van der Waals surface area contributed by atoms with E-state index in [1.165, 1.54) is 0 Å². The summed E-state index contributed by atoms with van der Waals surface area (Å²) in [5, 5.41) is 5.71. The number of hydrogen-bond acceptors (Lipinski definition) is 5.